The molecule has 0 amide bonds. The number of nitrogens with zero attached hydrogens (tertiary/aromatic N) is 1. The van der Waals surface area contributed by atoms with Crippen molar-refractivity contribution in [3.05, 3.63) is 57.8 Å². The molecule has 0 aliphatic heterocycles. The summed E-state index contributed by atoms with van der Waals surface area (Å²) < 4.78 is 0. The predicted octanol–water partition coefficient (Wildman–Crippen LogP) is 3.57. The average molecular weight is 315 g/mol. The summed E-state index contributed by atoms with van der Waals surface area (Å²) in [5, 5.41) is 11.1. The third-order valence-electron chi connectivity index (χ3n) is 3.70. The van der Waals surface area contributed by atoms with Crippen LogP contribution in [0.15, 0.2) is 46.1 Å². The summed E-state index contributed by atoms with van der Waals surface area (Å²) in [5.41, 5.74) is 4.05. The van der Waals surface area contributed by atoms with E-state index in [4.69, 9.17) is 0 Å². The molecule has 1 atom stereocenters. The second-order valence-corrected chi connectivity index (χ2v) is 6.36. The van der Waals surface area contributed by atoms with Gasteiger partial charge in [0.2, 0.25) is 0 Å². The molecule has 0 spiro atoms. The molecule has 22 heavy (non-hydrogen) atoms. The van der Waals surface area contributed by atoms with Crippen LogP contribution in [0.2, 0.25) is 0 Å². The third-order valence-corrected chi connectivity index (χ3v) is 4.40. The van der Waals surface area contributed by atoms with Crippen LogP contribution in [0.4, 0.5) is 0 Å². The van der Waals surface area contributed by atoms with Gasteiger partial charge in [-0.3, -0.25) is 4.99 Å². The smallest absolute Gasteiger partial charge is 0.191 e. The van der Waals surface area contributed by atoms with Crippen molar-refractivity contribution >= 4 is 17.3 Å². The van der Waals surface area contributed by atoms with Gasteiger partial charge in [-0.2, -0.15) is 11.3 Å². The second-order valence-electron chi connectivity index (χ2n) is 5.58. The molecular weight excluding hydrogens is 290 g/mol. The fourth-order valence-corrected chi connectivity index (χ4v) is 3.12. The quantitative estimate of drug-likeness (QED) is 0.631. The first-order valence-corrected chi connectivity index (χ1v) is 8.65. The lowest BCUT2D eigenvalue weighted by atomic mass is 10.1. The first-order valence-electron chi connectivity index (χ1n) is 7.71. The molecule has 4 heteroatoms. The number of benzene rings is 1. The monoisotopic (exact) mass is 315 g/mol. The lowest BCUT2D eigenvalue weighted by Gasteiger charge is -2.15. The van der Waals surface area contributed by atoms with Crippen LogP contribution in [0.25, 0.3) is 0 Å². The Morgan fingerprint density at radius 2 is 2.14 bits per heavy atom. The molecule has 2 rings (SSSR count). The zero-order chi connectivity index (χ0) is 15.8. The van der Waals surface area contributed by atoms with E-state index in [9.17, 15) is 0 Å². The lowest BCUT2D eigenvalue weighted by Crippen LogP contribution is -2.39. The minimum atomic E-state index is 0.488. The van der Waals surface area contributed by atoms with Gasteiger partial charge in [0, 0.05) is 20.1 Å². The van der Waals surface area contributed by atoms with Crippen molar-refractivity contribution in [2.24, 2.45) is 4.99 Å². The zero-order valence-electron chi connectivity index (χ0n) is 13.6. The minimum Gasteiger partial charge on any atom is -0.356 e. The number of hydrogen-bond donors (Lipinski definition) is 2. The summed E-state index contributed by atoms with van der Waals surface area (Å²) in [6.07, 6.45) is 1.00. The van der Waals surface area contributed by atoms with Crippen LogP contribution in [0, 0.1) is 6.92 Å². The van der Waals surface area contributed by atoms with Gasteiger partial charge in [-0.15, -0.1) is 0 Å². The SMILES string of the molecule is CN=C(NCCc1cccc(C)c1)NCC(C)c1ccsc1. The molecule has 1 heterocycles. The van der Waals surface area contributed by atoms with Crippen molar-refractivity contribution in [3.63, 3.8) is 0 Å². The van der Waals surface area contributed by atoms with Crippen LogP contribution in [0.1, 0.15) is 29.5 Å². The van der Waals surface area contributed by atoms with Gasteiger partial charge in [0.25, 0.3) is 0 Å². The maximum atomic E-state index is 4.29. The molecule has 0 saturated heterocycles. The maximum absolute atomic E-state index is 4.29. The Morgan fingerprint density at radius 3 is 2.82 bits per heavy atom. The van der Waals surface area contributed by atoms with Crippen LogP contribution in [0.3, 0.4) is 0 Å². The Morgan fingerprint density at radius 1 is 1.27 bits per heavy atom. The summed E-state index contributed by atoms with van der Waals surface area (Å²) in [4.78, 5) is 4.29. The highest BCUT2D eigenvalue weighted by Gasteiger charge is 2.06. The molecule has 0 bridgehead atoms. The van der Waals surface area contributed by atoms with Gasteiger partial charge < -0.3 is 10.6 Å². The summed E-state index contributed by atoms with van der Waals surface area (Å²) >= 11 is 1.75. The largest absolute Gasteiger partial charge is 0.356 e. The maximum Gasteiger partial charge on any atom is 0.191 e. The highest BCUT2D eigenvalue weighted by molar-refractivity contribution is 7.07. The molecule has 0 saturated carbocycles. The molecule has 0 fully saturated rings. The Balaban J connectivity index is 1.73. The fourth-order valence-electron chi connectivity index (χ4n) is 2.34. The molecule has 118 valence electrons. The summed E-state index contributed by atoms with van der Waals surface area (Å²) in [6.45, 7) is 6.13. The lowest BCUT2D eigenvalue weighted by molar-refractivity contribution is 0.700. The minimum absolute atomic E-state index is 0.488. The van der Waals surface area contributed by atoms with E-state index in [-0.39, 0.29) is 0 Å². The van der Waals surface area contributed by atoms with Gasteiger partial charge >= 0.3 is 0 Å². The molecule has 2 aromatic rings. The van der Waals surface area contributed by atoms with E-state index >= 15 is 0 Å². The zero-order valence-corrected chi connectivity index (χ0v) is 14.4. The number of guanidine groups is 1. The summed E-state index contributed by atoms with van der Waals surface area (Å²) in [5.74, 6) is 1.36. The van der Waals surface area contributed by atoms with Crippen LogP contribution in [0.5, 0.6) is 0 Å². The first kappa shape index (κ1) is 16.6. The van der Waals surface area contributed by atoms with Gasteiger partial charge in [0.15, 0.2) is 5.96 Å². The molecule has 1 aromatic heterocycles. The van der Waals surface area contributed by atoms with Gasteiger partial charge in [-0.1, -0.05) is 36.8 Å². The van der Waals surface area contributed by atoms with E-state index < -0.39 is 0 Å². The van der Waals surface area contributed by atoms with Crippen LogP contribution < -0.4 is 10.6 Å². The van der Waals surface area contributed by atoms with Gasteiger partial charge in [0.05, 0.1) is 0 Å². The molecule has 0 aliphatic rings. The number of nitrogens with one attached hydrogen (secondary N) is 2. The molecule has 2 N–H and O–H groups in total. The van der Waals surface area contributed by atoms with Crippen molar-refractivity contribution in [2.45, 2.75) is 26.2 Å². The molecule has 0 radical (unpaired) electrons. The Labute approximate surface area is 137 Å². The Bertz CT molecular complexity index is 590. The van der Waals surface area contributed by atoms with E-state index in [0.29, 0.717) is 5.92 Å². The molecular formula is C18H25N3S. The van der Waals surface area contributed by atoms with E-state index in [2.05, 4.69) is 70.6 Å². The van der Waals surface area contributed by atoms with Gasteiger partial charge in [0.1, 0.15) is 0 Å². The fraction of sp³-hybridized carbons (Fsp3) is 0.389. The van der Waals surface area contributed by atoms with E-state index in [1.807, 2.05) is 7.05 Å². The van der Waals surface area contributed by atoms with Crippen molar-refractivity contribution in [1.82, 2.24) is 10.6 Å². The van der Waals surface area contributed by atoms with Gasteiger partial charge in [-0.05, 0) is 47.2 Å². The molecule has 0 aliphatic carbocycles. The van der Waals surface area contributed by atoms with Crippen molar-refractivity contribution < 1.29 is 0 Å². The molecule has 3 nitrogen and oxygen atoms in total. The second kappa shape index (κ2) is 8.59. The van der Waals surface area contributed by atoms with Crippen LogP contribution in [-0.2, 0) is 6.42 Å². The van der Waals surface area contributed by atoms with Crippen molar-refractivity contribution in [3.8, 4) is 0 Å². The highest BCUT2D eigenvalue weighted by atomic mass is 32.1. The number of hydrogen-bond acceptors (Lipinski definition) is 2. The summed E-state index contributed by atoms with van der Waals surface area (Å²) in [6, 6.07) is 10.8. The van der Waals surface area contributed by atoms with Crippen molar-refractivity contribution in [2.75, 3.05) is 20.1 Å². The van der Waals surface area contributed by atoms with Gasteiger partial charge in [-0.25, -0.2) is 0 Å². The van der Waals surface area contributed by atoms with Crippen LogP contribution >= 0.6 is 11.3 Å². The predicted molar refractivity (Wildman–Crippen MR) is 97.0 cm³/mol. The van der Waals surface area contributed by atoms with Crippen molar-refractivity contribution in [1.29, 1.82) is 0 Å². The standard InChI is InChI=1S/C18H25N3S/c1-14-5-4-6-16(11-14)7-9-20-18(19-3)21-12-15(2)17-8-10-22-13-17/h4-6,8,10-11,13,15H,7,9,12H2,1-3H3,(H2,19,20,21). The first-order chi connectivity index (χ1) is 10.7. The van der Waals surface area contributed by atoms with E-state index in [1.165, 1.54) is 16.7 Å². The highest BCUT2D eigenvalue weighted by Crippen LogP contribution is 2.16. The third kappa shape index (κ3) is 5.19. The molecule has 1 unspecified atom stereocenters. The topological polar surface area (TPSA) is 36.4 Å². The number of rotatable bonds is 6. The van der Waals surface area contributed by atoms with E-state index in [1.54, 1.807) is 11.3 Å². The number of thiophene rings is 1. The average Bonchev–Trinajstić information content (AvgIpc) is 3.05. The number of aryl methyl sites for hydroxylation is 1. The summed E-state index contributed by atoms with van der Waals surface area (Å²) in [7, 11) is 1.82. The normalized spacial score (nSPS) is 13.0. The van der Waals surface area contributed by atoms with E-state index in [0.717, 1.165) is 25.5 Å². The van der Waals surface area contributed by atoms with Crippen LogP contribution in [-0.4, -0.2) is 26.1 Å². The Hall–Kier alpha value is -1.81. The Kier molecular flexibility index (Phi) is 6.46. The molecule has 1 aromatic carbocycles. The number of aliphatic imine (C=N–C) groups is 1.